The van der Waals surface area contributed by atoms with Crippen LogP contribution in [0.15, 0.2) is 29.3 Å². The van der Waals surface area contributed by atoms with Crippen LogP contribution < -0.4 is 5.32 Å². The van der Waals surface area contributed by atoms with E-state index in [1.54, 1.807) is 11.8 Å². The molecule has 2 rings (SSSR count). The van der Waals surface area contributed by atoms with E-state index in [-0.39, 0.29) is 5.54 Å². The van der Waals surface area contributed by atoms with Crippen LogP contribution in [0.4, 0.5) is 0 Å². The lowest BCUT2D eigenvalue weighted by atomic mass is 10.0. The summed E-state index contributed by atoms with van der Waals surface area (Å²) in [6.45, 7) is 5.04. The van der Waals surface area contributed by atoms with Crippen molar-refractivity contribution in [1.82, 2.24) is 5.32 Å². The number of benzene rings is 1. The predicted octanol–water partition coefficient (Wildman–Crippen LogP) is 2.92. The third-order valence-corrected chi connectivity index (χ3v) is 4.46. The van der Waals surface area contributed by atoms with Gasteiger partial charge in [-0.3, -0.25) is 4.99 Å². The van der Waals surface area contributed by atoms with E-state index < -0.39 is 0 Å². The van der Waals surface area contributed by atoms with Crippen molar-refractivity contribution in [3.63, 3.8) is 0 Å². The maximum Gasteiger partial charge on any atom is 0.157 e. The third-order valence-electron chi connectivity index (χ3n) is 3.18. The minimum Gasteiger partial charge on any atom is -0.359 e. The maximum absolute atomic E-state index is 8.84. The van der Waals surface area contributed by atoms with Gasteiger partial charge in [-0.05, 0) is 31.0 Å². The van der Waals surface area contributed by atoms with Gasteiger partial charge in [0.1, 0.15) is 0 Å². The molecule has 1 heterocycles. The van der Waals surface area contributed by atoms with E-state index in [2.05, 4.69) is 30.2 Å². The highest BCUT2D eigenvalue weighted by Crippen LogP contribution is 2.25. The van der Waals surface area contributed by atoms with Crippen molar-refractivity contribution < 1.29 is 0 Å². The fraction of sp³-hybridized carbons (Fsp3) is 0.429. The van der Waals surface area contributed by atoms with Gasteiger partial charge < -0.3 is 5.32 Å². The van der Waals surface area contributed by atoms with Gasteiger partial charge in [-0.2, -0.15) is 5.26 Å². The lowest BCUT2D eigenvalue weighted by Gasteiger charge is -2.20. The van der Waals surface area contributed by atoms with E-state index in [4.69, 9.17) is 5.26 Å². The van der Waals surface area contributed by atoms with E-state index in [1.165, 1.54) is 0 Å². The summed E-state index contributed by atoms with van der Waals surface area (Å²) >= 11 is 1.78. The maximum atomic E-state index is 8.84. The zero-order valence-electron chi connectivity index (χ0n) is 10.7. The number of aliphatic imine (C=N–C) groups is 1. The number of nitriles is 1. The quantitative estimate of drug-likeness (QED) is 0.908. The molecule has 1 aliphatic rings. The van der Waals surface area contributed by atoms with Crippen molar-refractivity contribution in [1.29, 1.82) is 5.26 Å². The van der Waals surface area contributed by atoms with Crippen molar-refractivity contribution >= 4 is 16.9 Å². The Bertz CT molecular complexity index is 504. The van der Waals surface area contributed by atoms with Crippen LogP contribution in [0.2, 0.25) is 0 Å². The third kappa shape index (κ3) is 3.05. The summed E-state index contributed by atoms with van der Waals surface area (Å²) in [7, 11) is 0. The van der Waals surface area contributed by atoms with Gasteiger partial charge in [0, 0.05) is 11.3 Å². The first-order valence-electron chi connectivity index (χ1n) is 6.10. The molecule has 0 aliphatic carbocycles. The van der Waals surface area contributed by atoms with Crippen LogP contribution in [-0.4, -0.2) is 16.5 Å². The Hall–Kier alpha value is -1.47. The van der Waals surface area contributed by atoms with Gasteiger partial charge in [-0.1, -0.05) is 30.8 Å². The Morgan fingerprint density at radius 3 is 3.06 bits per heavy atom. The Morgan fingerprint density at radius 2 is 2.39 bits per heavy atom. The molecule has 0 aromatic heterocycles. The first-order valence-corrected chi connectivity index (χ1v) is 7.08. The van der Waals surface area contributed by atoms with Crippen LogP contribution in [0.3, 0.4) is 0 Å². The molecule has 1 saturated heterocycles. The van der Waals surface area contributed by atoms with Gasteiger partial charge in [0.2, 0.25) is 0 Å². The molecule has 0 amide bonds. The molecule has 0 radical (unpaired) electrons. The monoisotopic (exact) mass is 259 g/mol. The van der Waals surface area contributed by atoms with Crippen LogP contribution in [-0.2, 0) is 6.54 Å². The zero-order chi connectivity index (χ0) is 13.0. The van der Waals surface area contributed by atoms with Gasteiger partial charge in [0.15, 0.2) is 5.17 Å². The van der Waals surface area contributed by atoms with E-state index in [0.29, 0.717) is 12.1 Å². The highest BCUT2D eigenvalue weighted by atomic mass is 32.2. The summed E-state index contributed by atoms with van der Waals surface area (Å²) in [5.74, 6) is 1.07. The van der Waals surface area contributed by atoms with Gasteiger partial charge in [0.25, 0.3) is 0 Å². The Kier molecular flexibility index (Phi) is 3.93. The van der Waals surface area contributed by atoms with Crippen molar-refractivity contribution in [3.8, 4) is 6.07 Å². The Morgan fingerprint density at radius 1 is 1.56 bits per heavy atom. The van der Waals surface area contributed by atoms with Crippen LogP contribution in [0.25, 0.3) is 0 Å². The van der Waals surface area contributed by atoms with Gasteiger partial charge >= 0.3 is 0 Å². The molecule has 1 fully saturated rings. The van der Waals surface area contributed by atoms with Gasteiger partial charge in [-0.25, -0.2) is 0 Å². The first kappa shape index (κ1) is 13.0. The predicted molar refractivity (Wildman–Crippen MR) is 76.6 cm³/mol. The molecular weight excluding hydrogens is 242 g/mol. The van der Waals surface area contributed by atoms with Crippen LogP contribution in [0, 0.1) is 11.3 Å². The van der Waals surface area contributed by atoms with Crippen molar-refractivity contribution in [2.24, 2.45) is 4.99 Å². The number of amidine groups is 1. The second kappa shape index (κ2) is 5.45. The summed E-state index contributed by atoms with van der Waals surface area (Å²) in [6.07, 6.45) is 1.10. The van der Waals surface area contributed by atoms with Gasteiger partial charge in [0.05, 0.1) is 18.2 Å². The number of thioether (sulfide) groups is 1. The normalized spacial score (nSPS) is 24.8. The smallest absolute Gasteiger partial charge is 0.157 e. The topological polar surface area (TPSA) is 48.2 Å². The number of nitrogens with zero attached hydrogens (tertiary/aromatic N) is 2. The molecule has 1 atom stereocenters. The van der Waals surface area contributed by atoms with E-state index in [0.717, 1.165) is 22.9 Å². The Balaban J connectivity index is 2.01. The van der Waals surface area contributed by atoms with Crippen molar-refractivity contribution in [3.05, 3.63) is 35.4 Å². The first-order chi connectivity index (χ1) is 8.65. The number of hydrogen-bond donors (Lipinski definition) is 1. The average molecular weight is 259 g/mol. The molecular formula is C14H17N3S. The number of hydrogen-bond acceptors (Lipinski definition) is 3. The van der Waals surface area contributed by atoms with Crippen LogP contribution >= 0.6 is 11.8 Å². The Labute approximate surface area is 112 Å². The van der Waals surface area contributed by atoms with E-state index in [1.807, 2.05) is 24.3 Å². The fourth-order valence-electron chi connectivity index (χ4n) is 1.74. The largest absolute Gasteiger partial charge is 0.359 e. The van der Waals surface area contributed by atoms with E-state index >= 15 is 0 Å². The molecule has 1 aliphatic heterocycles. The summed E-state index contributed by atoms with van der Waals surface area (Å²) in [5, 5.41) is 13.3. The molecule has 1 N–H and O–H groups in total. The zero-order valence-corrected chi connectivity index (χ0v) is 11.5. The SMILES string of the molecule is CCC1(C)CSC(=NCc2cccc(C#N)c2)N1. The second-order valence-corrected chi connectivity index (χ2v) is 5.73. The lowest BCUT2D eigenvalue weighted by Crippen LogP contribution is -2.39. The average Bonchev–Trinajstić information content (AvgIpc) is 2.79. The summed E-state index contributed by atoms with van der Waals surface area (Å²) in [5.41, 5.74) is 1.95. The van der Waals surface area contributed by atoms with Crippen LogP contribution in [0.5, 0.6) is 0 Å². The van der Waals surface area contributed by atoms with Crippen molar-refractivity contribution in [2.75, 3.05) is 5.75 Å². The fourth-order valence-corrected chi connectivity index (χ4v) is 2.94. The van der Waals surface area contributed by atoms with Crippen LogP contribution in [0.1, 0.15) is 31.4 Å². The second-order valence-electron chi connectivity index (χ2n) is 4.76. The molecule has 1 aromatic rings. The summed E-state index contributed by atoms with van der Waals surface area (Å²) < 4.78 is 0. The number of rotatable bonds is 3. The molecule has 0 bridgehead atoms. The highest BCUT2D eigenvalue weighted by molar-refractivity contribution is 8.14. The molecule has 18 heavy (non-hydrogen) atoms. The van der Waals surface area contributed by atoms with E-state index in [9.17, 15) is 0 Å². The molecule has 3 nitrogen and oxygen atoms in total. The minimum absolute atomic E-state index is 0.179. The highest BCUT2D eigenvalue weighted by Gasteiger charge is 2.30. The summed E-state index contributed by atoms with van der Waals surface area (Å²) in [6, 6.07) is 9.76. The lowest BCUT2D eigenvalue weighted by molar-refractivity contribution is 0.466. The molecule has 4 heteroatoms. The standard InChI is InChI=1S/C14H17N3S/c1-3-14(2)10-18-13(17-14)16-9-12-6-4-5-11(7-12)8-15/h4-7H,3,9-10H2,1-2H3,(H,16,17). The van der Waals surface area contributed by atoms with Gasteiger partial charge in [-0.15, -0.1) is 0 Å². The molecule has 0 saturated carbocycles. The molecule has 1 aromatic carbocycles. The summed E-state index contributed by atoms with van der Waals surface area (Å²) in [4.78, 5) is 4.57. The molecule has 0 spiro atoms. The molecule has 1 unspecified atom stereocenters. The minimum atomic E-state index is 0.179. The number of nitrogens with one attached hydrogen (secondary N) is 1. The molecule has 94 valence electrons. The van der Waals surface area contributed by atoms with Crippen molar-refractivity contribution in [2.45, 2.75) is 32.4 Å².